The fourth-order valence-corrected chi connectivity index (χ4v) is 3.76. The van der Waals surface area contributed by atoms with Crippen molar-refractivity contribution in [2.24, 2.45) is 5.92 Å². The van der Waals surface area contributed by atoms with E-state index < -0.39 is 0 Å². The minimum Gasteiger partial charge on any atom is -0.361 e. The van der Waals surface area contributed by atoms with Gasteiger partial charge in [-0.15, -0.1) is 0 Å². The number of amides is 1. The summed E-state index contributed by atoms with van der Waals surface area (Å²) in [6.07, 6.45) is 6.12. The summed E-state index contributed by atoms with van der Waals surface area (Å²) in [4.78, 5) is 18.2. The lowest BCUT2D eigenvalue weighted by molar-refractivity contribution is -0.120. The van der Waals surface area contributed by atoms with Crippen molar-refractivity contribution < 1.29 is 4.79 Å². The Morgan fingerprint density at radius 1 is 1.25 bits per heavy atom. The number of nitrogens with zero attached hydrogens (tertiary/aromatic N) is 1. The molecule has 1 unspecified atom stereocenters. The number of rotatable bonds is 7. The number of carbonyl (C=O) groups is 1. The molecule has 1 aromatic heterocycles. The standard InChI is InChI=1S/C20H29N3O/c1-15(2)11-17(23-9-5-6-10-23)14-22-20(24)12-16-13-21-19-8-4-3-7-18(16)19/h3-4,7-8,13,15,17,21H,5-6,9-12,14H2,1-2H3,(H,22,24). The Kier molecular flexibility index (Phi) is 5.56. The molecule has 1 fully saturated rings. The van der Waals surface area contributed by atoms with Crippen molar-refractivity contribution in [2.45, 2.75) is 45.6 Å². The molecule has 4 heteroatoms. The quantitative estimate of drug-likeness (QED) is 0.819. The van der Waals surface area contributed by atoms with Gasteiger partial charge in [-0.1, -0.05) is 32.0 Å². The van der Waals surface area contributed by atoms with E-state index >= 15 is 0 Å². The number of nitrogens with one attached hydrogen (secondary N) is 2. The van der Waals surface area contributed by atoms with Crippen LogP contribution in [0.5, 0.6) is 0 Å². The molecule has 0 aliphatic carbocycles. The van der Waals surface area contributed by atoms with E-state index in [2.05, 4.69) is 35.1 Å². The molecule has 2 N–H and O–H groups in total. The van der Waals surface area contributed by atoms with Crippen molar-refractivity contribution in [2.75, 3.05) is 19.6 Å². The highest BCUT2D eigenvalue weighted by Gasteiger charge is 2.23. The van der Waals surface area contributed by atoms with E-state index in [1.165, 1.54) is 25.9 Å². The zero-order valence-corrected chi connectivity index (χ0v) is 14.8. The molecule has 130 valence electrons. The number of carbonyl (C=O) groups excluding carboxylic acids is 1. The van der Waals surface area contributed by atoms with Gasteiger partial charge >= 0.3 is 0 Å². The Labute approximate surface area is 144 Å². The molecule has 0 radical (unpaired) electrons. The van der Waals surface area contributed by atoms with E-state index in [1.807, 2.05) is 24.4 Å². The van der Waals surface area contributed by atoms with Gasteiger partial charge in [0.05, 0.1) is 6.42 Å². The van der Waals surface area contributed by atoms with Crippen LogP contribution in [0.4, 0.5) is 0 Å². The van der Waals surface area contributed by atoms with E-state index in [1.54, 1.807) is 0 Å². The largest absolute Gasteiger partial charge is 0.361 e. The average molecular weight is 327 g/mol. The van der Waals surface area contributed by atoms with Gasteiger partial charge in [-0.05, 0) is 49.9 Å². The average Bonchev–Trinajstić information content (AvgIpc) is 3.21. The topological polar surface area (TPSA) is 48.1 Å². The van der Waals surface area contributed by atoms with Crippen molar-refractivity contribution in [3.8, 4) is 0 Å². The zero-order valence-electron chi connectivity index (χ0n) is 14.8. The van der Waals surface area contributed by atoms with E-state index in [0.29, 0.717) is 18.4 Å². The van der Waals surface area contributed by atoms with Gasteiger partial charge < -0.3 is 10.3 Å². The highest BCUT2D eigenvalue weighted by atomic mass is 16.1. The second kappa shape index (κ2) is 7.84. The number of hydrogen-bond acceptors (Lipinski definition) is 2. The van der Waals surface area contributed by atoms with E-state index in [0.717, 1.165) is 29.4 Å². The molecule has 1 aromatic carbocycles. The first-order chi connectivity index (χ1) is 11.6. The molecule has 4 nitrogen and oxygen atoms in total. The van der Waals surface area contributed by atoms with E-state index in [9.17, 15) is 4.79 Å². The summed E-state index contributed by atoms with van der Waals surface area (Å²) in [5.41, 5.74) is 2.17. The molecule has 24 heavy (non-hydrogen) atoms. The summed E-state index contributed by atoms with van der Waals surface area (Å²) < 4.78 is 0. The van der Waals surface area contributed by atoms with E-state index in [4.69, 9.17) is 0 Å². The molecule has 1 saturated heterocycles. The highest BCUT2D eigenvalue weighted by Crippen LogP contribution is 2.19. The first-order valence-electron chi connectivity index (χ1n) is 9.19. The van der Waals surface area contributed by atoms with Gasteiger partial charge in [0.2, 0.25) is 5.91 Å². The van der Waals surface area contributed by atoms with E-state index in [-0.39, 0.29) is 5.91 Å². The van der Waals surface area contributed by atoms with Crippen LogP contribution in [0.15, 0.2) is 30.5 Å². The van der Waals surface area contributed by atoms with Gasteiger partial charge in [0.1, 0.15) is 0 Å². The number of hydrogen-bond donors (Lipinski definition) is 2. The Bertz CT molecular complexity index is 670. The first kappa shape index (κ1) is 17.0. The van der Waals surface area contributed by atoms with Crippen LogP contribution >= 0.6 is 0 Å². The fourth-order valence-electron chi connectivity index (χ4n) is 3.76. The van der Waals surface area contributed by atoms with Crippen molar-refractivity contribution in [3.63, 3.8) is 0 Å². The minimum absolute atomic E-state index is 0.118. The second-order valence-electron chi connectivity index (χ2n) is 7.37. The van der Waals surface area contributed by atoms with Crippen LogP contribution in [0.25, 0.3) is 10.9 Å². The normalized spacial score (nSPS) is 16.8. The lowest BCUT2D eigenvalue weighted by Gasteiger charge is -2.29. The van der Waals surface area contributed by atoms with Crippen LogP contribution < -0.4 is 5.32 Å². The van der Waals surface area contributed by atoms with Gasteiger partial charge in [-0.3, -0.25) is 9.69 Å². The van der Waals surface area contributed by atoms with Crippen LogP contribution in [0.2, 0.25) is 0 Å². The van der Waals surface area contributed by atoms with Crippen LogP contribution in [0, 0.1) is 5.92 Å². The summed E-state index contributed by atoms with van der Waals surface area (Å²) >= 11 is 0. The SMILES string of the molecule is CC(C)CC(CNC(=O)Cc1c[nH]c2ccccc12)N1CCCC1. The zero-order chi connectivity index (χ0) is 16.9. The molecule has 1 atom stereocenters. The van der Waals surface area contributed by atoms with Crippen LogP contribution in [-0.4, -0.2) is 41.5 Å². The molecule has 3 rings (SSSR count). The highest BCUT2D eigenvalue weighted by molar-refractivity contribution is 5.88. The van der Waals surface area contributed by atoms with Crippen molar-refractivity contribution in [3.05, 3.63) is 36.0 Å². The fraction of sp³-hybridized carbons (Fsp3) is 0.550. The summed E-state index contributed by atoms with van der Waals surface area (Å²) in [6, 6.07) is 8.61. The number of aromatic amines is 1. The number of para-hydroxylation sites is 1. The molecule has 0 saturated carbocycles. The molecular formula is C20H29N3O. The Hall–Kier alpha value is -1.81. The Morgan fingerprint density at radius 3 is 2.75 bits per heavy atom. The van der Waals surface area contributed by atoms with Crippen LogP contribution in [0.1, 0.15) is 38.7 Å². The second-order valence-corrected chi connectivity index (χ2v) is 7.37. The molecule has 2 aromatic rings. The van der Waals surface area contributed by atoms with Crippen LogP contribution in [0.3, 0.4) is 0 Å². The molecule has 0 spiro atoms. The molecule has 1 aliphatic rings. The van der Waals surface area contributed by atoms with Gasteiger partial charge in [-0.2, -0.15) is 0 Å². The molecule has 2 heterocycles. The molecule has 1 aliphatic heterocycles. The maximum atomic E-state index is 12.4. The predicted molar refractivity (Wildman–Crippen MR) is 99.1 cm³/mol. The third-order valence-corrected chi connectivity index (χ3v) is 4.96. The lowest BCUT2D eigenvalue weighted by Crippen LogP contribution is -2.43. The third-order valence-electron chi connectivity index (χ3n) is 4.96. The van der Waals surface area contributed by atoms with Crippen molar-refractivity contribution in [1.29, 1.82) is 0 Å². The lowest BCUT2D eigenvalue weighted by atomic mass is 10.0. The molecule has 0 bridgehead atoms. The number of benzene rings is 1. The summed E-state index contributed by atoms with van der Waals surface area (Å²) in [7, 11) is 0. The monoisotopic (exact) mass is 327 g/mol. The maximum absolute atomic E-state index is 12.4. The first-order valence-corrected chi connectivity index (χ1v) is 9.19. The molecule has 1 amide bonds. The van der Waals surface area contributed by atoms with Gasteiger partial charge in [-0.25, -0.2) is 0 Å². The number of fused-ring (bicyclic) bond motifs is 1. The maximum Gasteiger partial charge on any atom is 0.224 e. The number of H-pyrrole nitrogens is 1. The number of aromatic nitrogens is 1. The minimum atomic E-state index is 0.118. The third kappa shape index (κ3) is 4.18. The molecular weight excluding hydrogens is 298 g/mol. The Balaban J connectivity index is 1.57. The van der Waals surface area contributed by atoms with Crippen LogP contribution in [-0.2, 0) is 11.2 Å². The van der Waals surface area contributed by atoms with Gasteiger partial charge in [0.15, 0.2) is 0 Å². The smallest absolute Gasteiger partial charge is 0.224 e. The van der Waals surface area contributed by atoms with Crippen molar-refractivity contribution in [1.82, 2.24) is 15.2 Å². The summed E-state index contributed by atoms with van der Waals surface area (Å²) in [6.45, 7) is 7.64. The number of likely N-dealkylation sites (tertiary alicyclic amines) is 1. The Morgan fingerprint density at radius 2 is 2.00 bits per heavy atom. The summed E-state index contributed by atoms with van der Waals surface area (Å²) in [5.74, 6) is 0.772. The van der Waals surface area contributed by atoms with Gasteiger partial charge in [0, 0.05) is 29.7 Å². The van der Waals surface area contributed by atoms with Gasteiger partial charge in [0.25, 0.3) is 0 Å². The predicted octanol–water partition coefficient (Wildman–Crippen LogP) is 3.34. The summed E-state index contributed by atoms with van der Waals surface area (Å²) in [5, 5.41) is 4.32. The van der Waals surface area contributed by atoms with Crippen molar-refractivity contribution >= 4 is 16.8 Å².